The van der Waals surface area contributed by atoms with E-state index in [9.17, 15) is 0 Å². The minimum Gasteiger partial charge on any atom is -1.00 e. The van der Waals surface area contributed by atoms with E-state index in [-0.39, 0.29) is 12.4 Å². The van der Waals surface area contributed by atoms with Gasteiger partial charge in [-0.05, 0) is 6.42 Å². The van der Waals surface area contributed by atoms with Crippen LogP contribution in [0.1, 0.15) is 71.1 Å². The van der Waals surface area contributed by atoms with Gasteiger partial charge in [0.05, 0.1) is 0 Å². The maximum absolute atomic E-state index is 4.10. The van der Waals surface area contributed by atoms with Crippen LogP contribution in [0.25, 0.3) is 0 Å². The highest BCUT2D eigenvalue weighted by Gasteiger charge is 1.92. The SMILES string of the molecule is CCCCCCCCCCCC[OH+]C.[Cl-]. The standard InChI is InChI=1S/C13H28O.ClH/c1-3-4-5-6-7-8-9-10-11-12-13-14-2;/h3-13H2,1-2H3;1H. The number of rotatable bonds is 11. The molecule has 0 aromatic heterocycles. The summed E-state index contributed by atoms with van der Waals surface area (Å²) < 4.78 is 4.10. The van der Waals surface area contributed by atoms with Gasteiger partial charge in [-0.3, -0.25) is 0 Å². The second kappa shape index (κ2) is 16.7. The minimum absolute atomic E-state index is 0. The van der Waals surface area contributed by atoms with Gasteiger partial charge in [0.15, 0.2) is 0 Å². The van der Waals surface area contributed by atoms with E-state index in [2.05, 4.69) is 11.7 Å². The van der Waals surface area contributed by atoms with Crippen molar-refractivity contribution in [1.29, 1.82) is 0 Å². The Morgan fingerprint density at radius 3 is 1.47 bits per heavy atom. The summed E-state index contributed by atoms with van der Waals surface area (Å²) in [6.45, 7) is 3.34. The lowest BCUT2D eigenvalue weighted by molar-refractivity contribution is -0.00000975. The monoisotopic (exact) mass is 236 g/mol. The first-order valence-electron chi connectivity index (χ1n) is 6.47. The van der Waals surface area contributed by atoms with E-state index in [0.29, 0.717) is 0 Å². The molecule has 0 saturated carbocycles. The lowest BCUT2D eigenvalue weighted by Gasteiger charge is -2.00. The van der Waals surface area contributed by atoms with Crippen molar-refractivity contribution < 1.29 is 17.1 Å². The van der Waals surface area contributed by atoms with Crippen LogP contribution in [0, 0.1) is 0 Å². The third kappa shape index (κ3) is 16.9. The molecule has 0 fully saturated rings. The van der Waals surface area contributed by atoms with Gasteiger partial charge in [-0.1, -0.05) is 58.3 Å². The van der Waals surface area contributed by atoms with Gasteiger partial charge in [-0.25, -0.2) is 0 Å². The lowest BCUT2D eigenvalue weighted by Crippen LogP contribution is -3.00. The first-order valence-corrected chi connectivity index (χ1v) is 6.47. The molecule has 0 aliphatic rings. The van der Waals surface area contributed by atoms with Crippen LogP contribution in [0.5, 0.6) is 0 Å². The molecular formula is C13H29ClO. The number of ether oxygens (including phenoxy) is 1. The fourth-order valence-electron chi connectivity index (χ4n) is 1.76. The van der Waals surface area contributed by atoms with Crippen LogP contribution in [0.3, 0.4) is 0 Å². The molecule has 0 aromatic carbocycles. The summed E-state index contributed by atoms with van der Waals surface area (Å²) in [7, 11) is 1.91. The highest BCUT2D eigenvalue weighted by Crippen LogP contribution is 2.10. The maximum Gasteiger partial charge on any atom is 0.144 e. The zero-order chi connectivity index (χ0) is 10.5. The zero-order valence-electron chi connectivity index (χ0n) is 10.6. The van der Waals surface area contributed by atoms with Gasteiger partial charge in [0.25, 0.3) is 0 Å². The van der Waals surface area contributed by atoms with Crippen molar-refractivity contribution in [3.63, 3.8) is 0 Å². The van der Waals surface area contributed by atoms with Crippen LogP contribution in [-0.2, 0) is 0 Å². The molecule has 0 radical (unpaired) electrons. The number of halogens is 1. The van der Waals surface area contributed by atoms with Gasteiger partial charge in [-0.2, -0.15) is 0 Å². The molecule has 2 heteroatoms. The summed E-state index contributed by atoms with van der Waals surface area (Å²) in [5.41, 5.74) is 0. The maximum atomic E-state index is 4.10. The smallest absolute Gasteiger partial charge is 0.144 e. The van der Waals surface area contributed by atoms with Crippen LogP contribution in [0.2, 0.25) is 0 Å². The first-order chi connectivity index (χ1) is 6.91. The van der Waals surface area contributed by atoms with E-state index in [0.717, 1.165) is 6.61 Å². The zero-order valence-corrected chi connectivity index (χ0v) is 11.4. The van der Waals surface area contributed by atoms with E-state index in [1.54, 1.807) is 0 Å². The van der Waals surface area contributed by atoms with E-state index in [1.165, 1.54) is 64.2 Å². The molecule has 1 N–H and O–H groups in total. The third-order valence-corrected chi connectivity index (χ3v) is 2.74. The van der Waals surface area contributed by atoms with E-state index >= 15 is 0 Å². The molecule has 0 spiro atoms. The molecular weight excluding hydrogens is 208 g/mol. The van der Waals surface area contributed by atoms with Crippen molar-refractivity contribution in [3.05, 3.63) is 0 Å². The Morgan fingerprint density at radius 2 is 1.07 bits per heavy atom. The second-order valence-corrected chi connectivity index (χ2v) is 4.22. The van der Waals surface area contributed by atoms with E-state index in [4.69, 9.17) is 0 Å². The summed E-state index contributed by atoms with van der Waals surface area (Å²) >= 11 is 0. The summed E-state index contributed by atoms with van der Waals surface area (Å²) in [6.07, 6.45) is 14.1. The summed E-state index contributed by atoms with van der Waals surface area (Å²) in [4.78, 5) is 0. The Kier molecular flexibility index (Phi) is 19.6. The van der Waals surface area contributed by atoms with Gasteiger partial charge in [0.1, 0.15) is 13.7 Å². The highest BCUT2D eigenvalue weighted by atomic mass is 35.5. The lowest BCUT2D eigenvalue weighted by atomic mass is 10.1. The summed E-state index contributed by atoms with van der Waals surface area (Å²) in [6, 6.07) is 0. The van der Waals surface area contributed by atoms with Crippen molar-refractivity contribution in [2.24, 2.45) is 0 Å². The van der Waals surface area contributed by atoms with Crippen molar-refractivity contribution in [3.8, 4) is 0 Å². The van der Waals surface area contributed by atoms with Gasteiger partial charge in [-0.15, -0.1) is 0 Å². The molecule has 0 unspecified atom stereocenters. The fraction of sp³-hybridized carbons (Fsp3) is 1.00. The van der Waals surface area contributed by atoms with Crippen LogP contribution >= 0.6 is 0 Å². The van der Waals surface area contributed by atoms with E-state index in [1.807, 2.05) is 7.11 Å². The largest absolute Gasteiger partial charge is 1.00 e. The Balaban J connectivity index is 0. The van der Waals surface area contributed by atoms with Gasteiger partial charge in [0, 0.05) is 6.42 Å². The average molecular weight is 237 g/mol. The second-order valence-electron chi connectivity index (χ2n) is 4.22. The molecule has 0 atom stereocenters. The van der Waals surface area contributed by atoms with Crippen LogP contribution in [0.15, 0.2) is 0 Å². The number of hydrogen-bond acceptors (Lipinski definition) is 0. The summed E-state index contributed by atoms with van der Waals surface area (Å²) in [5, 5.41) is 0. The van der Waals surface area contributed by atoms with Crippen molar-refractivity contribution in [1.82, 2.24) is 0 Å². The first kappa shape index (κ1) is 17.6. The Hall–Kier alpha value is 0.250. The Bertz CT molecular complexity index is 84.5. The van der Waals surface area contributed by atoms with E-state index < -0.39 is 0 Å². The molecule has 0 amide bonds. The third-order valence-electron chi connectivity index (χ3n) is 2.74. The number of aliphatic hydroxyl groups is 2. The number of unbranched alkanes of at least 4 members (excludes halogenated alkanes) is 9. The van der Waals surface area contributed by atoms with Gasteiger partial charge in [0.2, 0.25) is 0 Å². The molecule has 0 rings (SSSR count). The number of hydrogen-bond donors (Lipinski definition) is 0. The predicted molar refractivity (Wildman–Crippen MR) is 64.9 cm³/mol. The van der Waals surface area contributed by atoms with Crippen molar-refractivity contribution in [2.45, 2.75) is 71.1 Å². The van der Waals surface area contributed by atoms with Crippen molar-refractivity contribution >= 4 is 0 Å². The van der Waals surface area contributed by atoms with Crippen LogP contribution in [-0.4, -0.2) is 18.5 Å². The fourth-order valence-corrected chi connectivity index (χ4v) is 1.76. The van der Waals surface area contributed by atoms with Crippen LogP contribution in [0.4, 0.5) is 0 Å². The van der Waals surface area contributed by atoms with Crippen molar-refractivity contribution in [2.75, 3.05) is 13.7 Å². The molecule has 0 saturated heterocycles. The predicted octanol–water partition coefficient (Wildman–Crippen LogP) is 1.07. The Labute approximate surface area is 102 Å². The topological polar surface area (TPSA) is 12.8 Å². The molecule has 94 valence electrons. The normalized spacial score (nSPS) is 10.0. The van der Waals surface area contributed by atoms with Gasteiger partial charge >= 0.3 is 0 Å². The minimum atomic E-state index is 0. The molecule has 0 aliphatic carbocycles. The Morgan fingerprint density at radius 1 is 0.667 bits per heavy atom. The molecule has 15 heavy (non-hydrogen) atoms. The van der Waals surface area contributed by atoms with Gasteiger partial charge < -0.3 is 17.1 Å². The quantitative estimate of drug-likeness (QED) is 0.376. The molecule has 0 bridgehead atoms. The summed E-state index contributed by atoms with van der Waals surface area (Å²) in [5.74, 6) is 0. The molecule has 0 aliphatic heterocycles. The van der Waals surface area contributed by atoms with Crippen LogP contribution < -0.4 is 12.4 Å². The molecule has 0 heterocycles. The molecule has 1 nitrogen and oxygen atoms in total. The molecule has 0 aromatic rings. The average Bonchev–Trinajstić information content (AvgIpc) is 2.21. The highest BCUT2D eigenvalue weighted by molar-refractivity contribution is 4.46.